The molecule has 2 aliphatic rings. The highest BCUT2D eigenvalue weighted by atomic mass is 19.1. The number of likely N-dealkylation sites (tertiary alicyclic amines) is 1. The maximum Gasteiger partial charge on any atom is 0.411 e. The van der Waals surface area contributed by atoms with E-state index in [1.165, 1.54) is 11.0 Å². The van der Waals surface area contributed by atoms with Crippen LogP contribution in [0.1, 0.15) is 58.4 Å². The summed E-state index contributed by atoms with van der Waals surface area (Å²) in [4.78, 5) is 27.9. The summed E-state index contributed by atoms with van der Waals surface area (Å²) in [6.45, 7) is 8.18. The van der Waals surface area contributed by atoms with Crippen molar-refractivity contribution in [2.45, 2.75) is 83.1 Å². The lowest BCUT2D eigenvalue weighted by molar-refractivity contribution is -0.128. The third-order valence-electron chi connectivity index (χ3n) is 7.38. The smallest absolute Gasteiger partial charge is 0.411 e. The van der Waals surface area contributed by atoms with Crippen LogP contribution in [0.2, 0.25) is 0 Å². The van der Waals surface area contributed by atoms with Crippen molar-refractivity contribution in [1.29, 1.82) is 5.26 Å². The molecule has 5 atom stereocenters. The fraction of sp³-hybridized carbons (Fsp3) is 0.571. The molecule has 2 amide bonds. The van der Waals surface area contributed by atoms with E-state index in [-0.39, 0.29) is 12.0 Å². The van der Waals surface area contributed by atoms with Gasteiger partial charge in [-0.2, -0.15) is 10.4 Å². The Morgan fingerprint density at radius 1 is 1.29 bits per heavy atom. The summed E-state index contributed by atoms with van der Waals surface area (Å²) in [5.74, 6) is -1.47. The Labute approximate surface area is 222 Å². The zero-order valence-electron chi connectivity index (χ0n) is 22.6. The molecule has 0 unspecified atom stereocenters. The van der Waals surface area contributed by atoms with Crippen LogP contribution in [-0.4, -0.2) is 64.1 Å². The number of hydrogen-bond acceptors (Lipinski definition) is 6. The van der Waals surface area contributed by atoms with Crippen molar-refractivity contribution in [3.63, 3.8) is 0 Å². The molecular formula is C28H36FN5O4. The molecule has 0 spiro atoms. The lowest BCUT2D eigenvalue weighted by Crippen LogP contribution is -2.55. The van der Waals surface area contributed by atoms with Crippen LogP contribution in [0.4, 0.5) is 9.18 Å². The highest BCUT2D eigenvalue weighted by Gasteiger charge is 2.52. The van der Waals surface area contributed by atoms with Gasteiger partial charge in [0.05, 0.1) is 25.4 Å². The molecular weight excluding hydrogens is 489 g/mol. The van der Waals surface area contributed by atoms with Crippen molar-refractivity contribution in [1.82, 2.24) is 20.0 Å². The molecule has 2 bridgehead atoms. The number of rotatable bonds is 8. The molecule has 2 fully saturated rings. The van der Waals surface area contributed by atoms with E-state index in [4.69, 9.17) is 9.47 Å². The number of benzene rings is 1. The number of nitrogens with one attached hydrogen (secondary N) is 1. The quantitative estimate of drug-likeness (QED) is 0.552. The number of carbonyl (C=O) groups excluding carboxylic acids is 2. The molecule has 1 aliphatic heterocycles. The molecule has 1 saturated heterocycles. The molecule has 38 heavy (non-hydrogen) atoms. The van der Waals surface area contributed by atoms with Gasteiger partial charge in [0.25, 0.3) is 0 Å². The summed E-state index contributed by atoms with van der Waals surface area (Å²) < 4.78 is 27.6. The Balaban J connectivity index is 1.47. The molecule has 1 N–H and O–H groups in total. The van der Waals surface area contributed by atoms with Crippen molar-refractivity contribution in [3.05, 3.63) is 42.0 Å². The molecule has 1 aromatic heterocycles. The first-order valence-electron chi connectivity index (χ1n) is 13.0. The van der Waals surface area contributed by atoms with Crippen molar-refractivity contribution in [2.75, 3.05) is 13.7 Å². The summed E-state index contributed by atoms with van der Waals surface area (Å²) in [5, 5.41) is 17.0. The standard InChI is InChI=1S/C28H36FN5O4/c1-17(22-9-7-18(13-23(22)29)20-15-31-33(16-20)10-11-37-5)24(14-30)32-26(35)25-19-6-8-21(12-19)34(25)27(36)38-28(2,3)4/h7,9,13,15-17,19,21,24-25H,6,8,10-12H2,1-5H3,(H,32,35)/t17-,19+,21-,24-,25+/m1/s1. The molecule has 1 aliphatic carbocycles. The summed E-state index contributed by atoms with van der Waals surface area (Å²) in [6, 6.07) is 5.24. The van der Waals surface area contributed by atoms with E-state index >= 15 is 4.39 Å². The maximum absolute atomic E-state index is 15.2. The third-order valence-corrected chi connectivity index (χ3v) is 7.38. The zero-order valence-corrected chi connectivity index (χ0v) is 22.6. The van der Waals surface area contributed by atoms with E-state index in [9.17, 15) is 14.9 Å². The number of hydrogen-bond donors (Lipinski definition) is 1. The number of ether oxygens (including phenoxy) is 2. The van der Waals surface area contributed by atoms with Gasteiger partial charge in [-0.3, -0.25) is 14.4 Å². The van der Waals surface area contributed by atoms with Crippen molar-refractivity contribution >= 4 is 12.0 Å². The van der Waals surface area contributed by atoms with Gasteiger partial charge >= 0.3 is 6.09 Å². The number of aromatic nitrogens is 2. The fourth-order valence-corrected chi connectivity index (χ4v) is 5.49. The maximum atomic E-state index is 15.2. The predicted molar refractivity (Wildman–Crippen MR) is 138 cm³/mol. The monoisotopic (exact) mass is 525 g/mol. The molecule has 4 rings (SSSR count). The Hall–Kier alpha value is -3.45. The molecule has 1 aromatic carbocycles. The second kappa shape index (κ2) is 11.1. The Morgan fingerprint density at radius 2 is 2.05 bits per heavy atom. The summed E-state index contributed by atoms with van der Waals surface area (Å²) in [6.07, 6.45) is 5.38. The van der Waals surface area contributed by atoms with Gasteiger partial charge in [-0.15, -0.1) is 0 Å². The highest BCUT2D eigenvalue weighted by Crippen LogP contribution is 2.43. The van der Waals surface area contributed by atoms with E-state index in [0.29, 0.717) is 24.3 Å². The first-order valence-corrected chi connectivity index (χ1v) is 13.0. The Kier molecular flexibility index (Phi) is 8.07. The highest BCUT2D eigenvalue weighted by molar-refractivity contribution is 5.87. The Bertz CT molecular complexity index is 1220. The first kappa shape index (κ1) is 27.6. The van der Waals surface area contributed by atoms with Gasteiger partial charge in [0.2, 0.25) is 5.91 Å². The minimum absolute atomic E-state index is 0.0167. The van der Waals surface area contributed by atoms with Gasteiger partial charge in [-0.25, -0.2) is 9.18 Å². The number of carbonyl (C=O) groups is 2. The van der Waals surface area contributed by atoms with Gasteiger partial charge < -0.3 is 14.8 Å². The molecule has 9 nitrogen and oxygen atoms in total. The van der Waals surface area contributed by atoms with E-state index in [2.05, 4.69) is 16.5 Å². The van der Waals surface area contributed by atoms with Gasteiger partial charge in [-0.1, -0.05) is 19.1 Å². The summed E-state index contributed by atoms with van der Waals surface area (Å²) >= 11 is 0. The molecule has 2 aromatic rings. The lowest BCUT2D eigenvalue weighted by atomic mass is 9.91. The zero-order chi connectivity index (χ0) is 27.6. The van der Waals surface area contributed by atoms with Crippen LogP contribution in [0.5, 0.6) is 0 Å². The summed E-state index contributed by atoms with van der Waals surface area (Å²) in [5.41, 5.74) is 1.07. The van der Waals surface area contributed by atoms with Crippen LogP contribution in [0.3, 0.4) is 0 Å². The average Bonchev–Trinajstić information content (AvgIpc) is 3.60. The van der Waals surface area contributed by atoms with Gasteiger partial charge in [0.15, 0.2) is 0 Å². The molecule has 1 saturated carbocycles. The Morgan fingerprint density at radius 3 is 2.71 bits per heavy atom. The second-order valence-corrected chi connectivity index (χ2v) is 11.2. The van der Waals surface area contributed by atoms with Crippen LogP contribution in [0.25, 0.3) is 11.1 Å². The van der Waals surface area contributed by atoms with Gasteiger partial charge in [0, 0.05) is 30.8 Å². The van der Waals surface area contributed by atoms with E-state index < -0.39 is 41.4 Å². The second-order valence-electron chi connectivity index (χ2n) is 11.2. The number of amides is 2. The van der Waals surface area contributed by atoms with Crippen molar-refractivity contribution in [2.24, 2.45) is 5.92 Å². The molecule has 204 valence electrons. The number of nitriles is 1. The van der Waals surface area contributed by atoms with Gasteiger partial charge in [0.1, 0.15) is 23.5 Å². The molecule has 2 heterocycles. The largest absolute Gasteiger partial charge is 0.444 e. The van der Waals surface area contributed by atoms with Crippen LogP contribution < -0.4 is 5.32 Å². The SMILES string of the molecule is COCCn1cc(-c2ccc([C@@H](C)[C@@H](C#N)NC(=O)[C@@H]3[C@H]4CC[C@H](C4)N3C(=O)OC(C)(C)C)c(F)c2)cn1. The fourth-order valence-electron chi connectivity index (χ4n) is 5.49. The number of nitrogens with zero attached hydrogens (tertiary/aromatic N) is 4. The van der Waals surface area contributed by atoms with E-state index in [1.54, 1.807) is 57.8 Å². The number of fused-ring (bicyclic) bond motifs is 2. The summed E-state index contributed by atoms with van der Waals surface area (Å²) in [7, 11) is 1.62. The van der Waals surface area contributed by atoms with Crippen LogP contribution in [0.15, 0.2) is 30.6 Å². The average molecular weight is 526 g/mol. The van der Waals surface area contributed by atoms with Crippen molar-refractivity contribution in [3.8, 4) is 17.2 Å². The minimum Gasteiger partial charge on any atom is -0.444 e. The first-order chi connectivity index (χ1) is 18.0. The minimum atomic E-state index is -0.973. The van der Waals surface area contributed by atoms with Crippen LogP contribution in [-0.2, 0) is 20.8 Å². The molecule has 10 heteroatoms. The lowest BCUT2D eigenvalue weighted by Gasteiger charge is -2.36. The number of methoxy groups -OCH3 is 1. The molecule has 0 radical (unpaired) electrons. The van der Waals surface area contributed by atoms with Crippen LogP contribution in [0, 0.1) is 23.1 Å². The van der Waals surface area contributed by atoms with Crippen molar-refractivity contribution < 1.29 is 23.5 Å². The van der Waals surface area contributed by atoms with E-state index in [1.807, 2.05) is 6.20 Å². The van der Waals surface area contributed by atoms with Crippen LogP contribution >= 0.6 is 0 Å². The van der Waals surface area contributed by atoms with Gasteiger partial charge in [-0.05, 0) is 63.1 Å². The number of piperidine rings is 1. The van der Waals surface area contributed by atoms with E-state index in [0.717, 1.165) is 24.8 Å². The predicted octanol–water partition coefficient (Wildman–Crippen LogP) is 4.24. The number of halogens is 1. The normalized spacial score (nSPS) is 22.1. The third kappa shape index (κ3) is 5.83. The topological polar surface area (TPSA) is 109 Å².